The van der Waals surface area contributed by atoms with Gasteiger partial charge in [-0.2, -0.15) is 0 Å². The minimum absolute atomic E-state index is 0.876. The third-order valence-electron chi connectivity index (χ3n) is 8.04. The van der Waals surface area contributed by atoms with Crippen LogP contribution in [0.1, 0.15) is 0 Å². The Bertz CT molecular complexity index is 2140. The van der Waals surface area contributed by atoms with Gasteiger partial charge in [0, 0.05) is 33.9 Å². The largest absolute Gasteiger partial charge is 0.456 e. The van der Waals surface area contributed by atoms with E-state index in [9.17, 15) is 0 Å². The van der Waals surface area contributed by atoms with Gasteiger partial charge in [-0.15, -0.1) is 0 Å². The van der Waals surface area contributed by atoms with Gasteiger partial charge in [0.25, 0.3) is 0 Å². The van der Waals surface area contributed by atoms with E-state index in [1.165, 1.54) is 33.0 Å². The Morgan fingerprint density at radius 1 is 0.357 bits per heavy atom. The zero-order chi connectivity index (χ0) is 27.9. The highest BCUT2D eigenvalue weighted by atomic mass is 16.3. The van der Waals surface area contributed by atoms with Crippen molar-refractivity contribution in [3.8, 4) is 22.3 Å². The molecule has 8 aromatic rings. The minimum Gasteiger partial charge on any atom is -0.456 e. The van der Waals surface area contributed by atoms with E-state index in [0.717, 1.165) is 39.0 Å². The average molecular weight is 538 g/mol. The molecular formula is C40H27NO. The van der Waals surface area contributed by atoms with E-state index in [1.807, 2.05) is 12.1 Å². The van der Waals surface area contributed by atoms with Crippen LogP contribution in [0.15, 0.2) is 168 Å². The molecular weight excluding hydrogens is 510 g/mol. The van der Waals surface area contributed by atoms with Crippen LogP contribution in [0.4, 0.5) is 17.1 Å². The second-order valence-electron chi connectivity index (χ2n) is 10.6. The normalized spacial score (nSPS) is 11.3. The second-order valence-corrected chi connectivity index (χ2v) is 10.6. The molecule has 0 spiro atoms. The van der Waals surface area contributed by atoms with E-state index in [1.54, 1.807) is 0 Å². The topological polar surface area (TPSA) is 16.4 Å². The third kappa shape index (κ3) is 4.22. The van der Waals surface area contributed by atoms with Gasteiger partial charge in [-0.3, -0.25) is 0 Å². The van der Waals surface area contributed by atoms with Crippen molar-refractivity contribution in [1.82, 2.24) is 0 Å². The fraction of sp³-hybridized carbons (Fsp3) is 0. The lowest BCUT2D eigenvalue weighted by atomic mass is 9.94. The van der Waals surface area contributed by atoms with Gasteiger partial charge in [-0.1, -0.05) is 103 Å². The molecule has 42 heavy (non-hydrogen) atoms. The van der Waals surface area contributed by atoms with Gasteiger partial charge < -0.3 is 9.32 Å². The molecule has 0 aliphatic carbocycles. The lowest BCUT2D eigenvalue weighted by Crippen LogP contribution is -2.09. The number of benzene rings is 7. The predicted molar refractivity (Wildman–Crippen MR) is 177 cm³/mol. The maximum Gasteiger partial charge on any atom is 0.137 e. The summed E-state index contributed by atoms with van der Waals surface area (Å²) in [5.41, 5.74) is 9.88. The Morgan fingerprint density at radius 2 is 1.00 bits per heavy atom. The van der Waals surface area contributed by atoms with Crippen LogP contribution in [-0.4, -0.2) is 0 Å². The van der Waals surface area contributed by atoms with Gasteiger partial charge >= 0.3 is 0 Å². The van der Waals surface area contributed by atoms with Crippen LogP contribution < -0.4 is 4.90 Å². The molecule has 198 valence electrons. The lowest BCUT2D eigenvalue weighted by Gasteiger charge is -2.25. The quantitative estimate of drug-likeness (QED) is 0.217. The monoisotopic (exact) mass is 537 g/mol. The Balaban J connectivity index is 1.23. The molecule has 0 bridgehead atoms. The lowest BCUT2D eigenvalue weighted by molar-refractivity contribution is 0.669. The molecule has 8 rings (SSSR count). The van der Waals surface area contributed by atoms with Crippen molar-refractivity contribution in [3.05, 3.63) is 164 Å². The maximum atomic E-state index is 6.43. The Morgan fingerprint density at radius 3 is 1.71 bits per heavy atom. The Hall–Kier alpha value is -5.60. The fourth-order valence-corrected chi connectivity index (χ4v) is 6.01. The number of anilines is 3. The van der Waals surface area contributed by atoms with Crippen molar-refractivity contribution in [2.24, 2.45) is 0 Å². The fourth-order valence-electron chi connectivity index (χ4n) is 6.01. The molecule has 1 aromatic heterocycles. The summed E-state index contributed by atoms with van der Waals surface area (Å²) in [6, 6.07) is 57.9. The van der Waals surface area contributed by atoms with Crippen molar-refractivity contribution in [2.75, 3.05) is 4.90 Å². The number of hydrogen-bond donors (Lipinski definition) is 0. The summed E-state index contributed by atoms with van der Waals surface area (Å²) >= 11 is 0. The molecule has 2 heteroatoms. The number of para-hydroxylation sites is 2. The average Bonchev–Trinajstić information content (AvgIpc) is 3.43. The number of furan rings is 1. The van der Waals surface area contributed by atoms with Crippen LogP contribution in [0.2, 0.25) is 0 Å². The van der Waals surface area contributed by atoms with E-state index >= 15 is 0 Å². The molecule has 1 heterocycles. The summed E-state index contributed by atoms with van der Waals surface area (Å²) in [6.07, 6.45) is 0. The first-order chi connectivity index (χ1) is 20.8. The van der Waals surface area contributed by atoms with Gasteiger partial charge in [0.2, 0.25) is 0 Å². The maximum absolute atomic E-state index is 6.43. The SMILES string of the molecule is c1ccc(-c2cccc3ccc(-c4ccc5oc6cc(N(c7ccccc7)c7ccccc7)ccc6c5c4)cc23)cc1. The van der Waals surface area contributed by atoms with Gasteiger partial charge in [0.05, 0.1) is 0 Å². The van der Waals surface area contributed by atoms with E-state index < -0.39 is 0 Å². The molecule has 0 amide bonds. The molecule has 0 saturated carbocycles. The van der Waals surface area contributed by atoms with Crippen LogP contribution in [0.5, 0.6) is 0 Å². The van der Waals surface area contributed by atoms with Gasteiger partial charge in [0.1, 0.15) is 11.2 Å². The molecule has 0 N–H and O–H groups in total. The number of hydrogen-bond acceptors (Lipinski definition) is 2. The summed E-state index contributed by atoms with van der Waals surface area (Å²) in [5.74, 6) is 0. The van der Waals surface area contributed by atoms with Crippen molar-refractivity contribution in [1.29, 1.82) is 0 Å². The first-order valence-corrected chi connectivity index (χ1v) is 14.3. The highest BCUT2D eigenvalue weighted by Crippen LogP contribution is 2.40. The summed E-state index contributed by atoms with van der Waals surface area (Å²) in [7, 11) is 0. The second kappa shape index (κ2) is 10.1. The Labute approximate surface area is 244 Å². The van der Waals surface area contributed by atoms with Crippen LogP contribution in [-0.2, 0) is 0 Å². The molecule has 0 saturated heterocycles. The van der Waals surface area contributed by atoms with Gasteiger partial charge in [-0.05, 0) is 87.6 Å². The number of nitrogens with zero attached hydrogens (tertiary/aromatic N) is 1. The van der Waals surface area contributed by atoms with Gasteiger partial charge in [-0.25, -0.2) is 0 Å². The highest BCUT2D eigenvalue weighted by Gasteiger charge is 2.16. The molecule has 0 aliphatic rings. The van der Waals surface area contributed by atoms with Crippen molar-refractivity contribution < 1.29 is 4.42 Å². The number of rotatable bonds is 5. The molecule has 0 atom stereocenters. The first-order valence-electron chi connectivity index (χ1n) is 14.3. The molecule has 2 nitrogen and oxygen atoms in total. The highest BCUT2D eigenvalue weighted by molar-refractivity contribution is 6.08. The Kier molecular flexibility index (Phi) is 5.82. The third-order valence-corrected chi connectivity index (χ3v) is 8.04. The van der Waals surface area contributed by atoms with Crippen LogP contribution in [0.25, 0.3) is 55.0 Å². The molecule has 0 fully saturated rings. The number of fused-ring (bicyclic) bond motifs is 4. The van der Waals surface area contributed by atoms with E-state index in [0.29, 0.717) is 0 Å². The summed E-state index contributed by atoms with van der Waals surface area (Å²) in [6.45, 7) is 0. The molecule has 7 aromatic carbocycles. The standard InChI is InChI=1S/C40H27NO/c1-4-11-28(12-5-1)35-18-10-13-29-19-20-30(25-37(29)35)31-21-24-39-38(26-31)36-23-22-34(27-40(36)42-39)41(32-14-6-2-7-15-32)33-16-8-3-9-17-33/h1-27H. The summed E-state index contributed by atoms with van der Waals surface area (Å²) < 4.78 is 6.43. The minimum atomic E-state index is 0.876. The van der Waals surface area contributed by atoms with Gasteiger partial charge in [0.15, 0.2) is 0 Å². The van der Waals surface area contributed by atoms with E-state index in [4.69, 9.17) is 4.42 Å². The van der Waals surface area contributed by atoms with Crippen molar-refractivity contribution >= 4 is 49.8 Å². The van der Waals surface area contributed by atoms with E-state index in [-0.39, 0.29) is 0 Å². The van der Waals surface area contributed by atoms with Crippen LogP contribution in [0, 0.1) is 0 Å². The first kappa shape index (κ1) is 24.2. The molecule has 0 unspecified atom stereocenters. The summed E-state index contributed by atoms with van der Waals surface area (Å²) in [4.78, 5) is 2.26. The zero-order valence-electron chi connectivity index (χ0n) is 22.9. The van der Waals surface area contributed by atoms with E-state index in [2.05, 4.69) is 157 Å². The van der Waals surface area contributed by atoms with Crippen molar-refractivity contribution in [2.45, 2.75) is 0 Å². The van der Waals surface area contributed by atoms with Crippen LogP contribution in [0.3, 0.4) is 0 Å². The smallest absolute Gasteiger partial charge is 0.137 e. The van der Waals surface area contributed by atoms with Crippen LogP contribution >= 0.6 is 0 Å². The zero-order valence-corrected chi connectivity index (χ0v) is 22.9. The van der Waals surface area contributed by atoms with Crippen molar-refractivity contribution in [3.63, 3.8) is 0 Å². The molecule has 0 radical (unpaired) electrons. The summed E-state index contributed by atoms with van der Waals surface area (Å²) in [5, 5.41) is 4.73. The molecule has 0 aliphatic heterocycles. The predicted octanol–water partition coefficient (Wildman–Crippen LogP) is 11.5.